The minimum Gasteiger partial charge on any atom is -0.253 e. The maximum atomic E-state index is 13.4. The first-order valence-electron chi connectivity index (χ1n) is 6.89. The highest BCUT2D eigenvalue weighted by Crippen LogP contribution is 2.24. The molecule has 0 fully saturated rings. The van der Waals surface area contributed by atoms with Crippen LogP contribution < -0.4 is 5.43 Å². The third-order valence-electron chi connectivity index (χ3n) is 3.22. The van der Waals surface area contributed by atoms with E-state index in [1.54, 1.807) is 19.2 Å². The summed E-state index contributed by atoms with van der Waals surface area (Å²) in [6, 6.07) is 12.9. The van der Waals surface area contributed by atoms with Gasteiger partial charge in [-0.1, -0.05) is 41.9 Å². The van der Waals surface area contributed by atoms with E-state index in [0.29, 0.717) is 21.3 Å². The van der Waals surface area contributed by atoms with Crippen molar-refractivity contribution in [3.8, 4) is 11.3 Å². The van der Waals surface area contributed by atoms with Gasteiger partial charge in [-0.15, -0.1) is 11.3 Å². The first-order chi connectivity index (χ1) is 11.1. The van der Waals surface area contributed by atoms with Crippen LogP contribution >= 0.6 is 22.9 Å². The lowest BCUT2D eigenvalue weighted by Crippen LogP contribution is -1.93. The Morgan fingerprint density at radius 3 is 2.83 bits per heavy atom. The topological polar surface area (TPSA) is 37.3 Å². The fourth-order valence-electron chi connectivity index (χ4n) is 2.00. The number of anilines is 1. The van der Waals surface area contributed by atoms with Crippen molar-refractivity contribution in [2.45, 2.75) is 6.92 Å². The van der Waals surface area contributed by atoms with Gasteiger partial charge in [0.1, 0.15) is 5.82 Å². The molecule has 6 heteroatoms. The van der Waals surface area contributed by atoms with Crippen molar-refractivity contribution in [3.05, 3.63) is 69.8 Å². The lowest BCUT2D eigenvalue weighted by atomic mass is 10.1. The summed E-state index contributed by atoms with van der Waals surface area (Å²) < 4.78 is 13.4. The summed E-state index contributed by atoms with van der Waals surface area (Å²) in [6.07, 6.45) is 1.55. The molecule has 3 aromatic rings. The molecular weight excluding hydrogens is 333 g/mol. The van der Waals surface area contributed by atoms with Crippen LogP contribution in [0.25, 0.3) is 11.3 Å². The average Bonchev–Trinajstić information content (AvgIpc) is 3.02. The summed E-state index contributed by atoms with van der Waals surface area (Å²) in [5, 5.41) is 7.07. The quantitative estimate of drug-likeness (QED) is 0.510. The number of hydrogen-bond acceptors (Lipinski definition) is 4. The SMILES string of the molecule is Cc1cc(C=NNc2nc(-c3ccccc3)cs2)c(Cl)cc1F. The minimum atomic E-state index is -0.326. The molecule has 0 unspecified atom stereocenters. The van der Waals surface area contributed by atoms with Gasteiger partial charge in [0.15, 0.2) is 0 Å². The van der Waals surface area contributed by atoms with Gasteiger partial charge in [-0.3, -0.25) is 5.43 Å². The van der Waals surface area contributed by atoms with Crippen molar-refractivity contribution in [2.24, 2.45) is 5.10 Å². The Balaban J connectivity index is 1.72. The first-order valence-corrected chi connectivity index (χ1v) is 8.15. The number of hydrogen-bond donors (Lipinski definition) is 1. The summed E-state index contributed by atoms with van der Waals surface area (Å²) in [5.74, 6) is -0.326. The number of aryl methyl sites for hydroxylation is 1. The van der Waals surface area contributed by atoms with E-state index in [1.165, 1.54) is 17.4 Å². The first kappa shape index (κ1) is 15.6. The number of nitrogens with one attached hydrogen (secondary N) is 1. The molecular formula is C17H13ClFN3S. The molecule has 2 aromatic carbocycles. The lowest BCUT2D eigenvalue weighted by molar-refractivity contribution is 0.618. The number of aromatic nitrogens is 1. The molecule has 0 saturated heterocycles. The second kappa shape index (κ2) is 6.89. The number of benzene rings is 2. The van der Waals surface area contributed by atoms with Gasteiger partial charge in [0.05, 0.1) is 16.9 Å². The molecule has 3 rings (SSSR count). The molecule has 116 valence electrons. The van der Waals surface area contributed by atoms with Crippen molar-refractivity contribution in [1.29, 1.82) is 0 Å². The highest BCUT2D eigenvalue weighted by molar-refractivity contribution is 7.14. The maximum absolute atomic E-state index is 13.4. The molecule has 1 N–H and O–H groups in total. The van der Waals surface area contributed by atoms with Crippen LogP contribution in [0.15, 0.2) is 52.9 Å². The Morgan fingerprint density at radius 2 is 2.04 bits per heavy atom. The van der Waals surface area contributed by atoms with E-state index in [1.807, 2.05) is 35.7 Å². The van der Waals surface area contributed by atoms with Crippen molar-refractivity contribution < 1.29 is 4.39 Å². The third-order valence-corrected chi connectivity index (χ3v) is 4.29. The number of thiazole rings is 1. The fourth-order valence-corrected chi connectivity index (χ4v) is 2.87. The van der Waals surface area contributed by atoms with E-state index < -0.39 is 0 Å². The summed E-state index contributed by atoms with van der Waals surface area (Å²) in [4.78, 5) is 4.47. The summed E-state index contributed by atoms with van der Waals surface area (Å²) in [6.45, 7) is 1.68. The standard InChI is InChI=1S/C17H13ClFN3S/c1-11-7-13(14(18)8-15(11)19)9-20-22-17-21-16(10-23-17)12-5-3-2-4-6-12/h2-10H,1H3,(H,21,22). The van der Waals surface area contributed by atoms with E-state index in [2.05, 4.69) is 15.5 Å². The Hall–Kier alpha value is -2.24. The van der Waals surface area contributed by atoms with Crippen LogP contribution in [0.1, 0.15) is 11.1 Å². The second-order valence-electron chi connectivity index (χ2n) is 4.90. The molecule has 0 aliphatic heterocycles. The van der Waals surface area contributed by atoms with Crippen LogP contribution in [0.4, 0.5) is 9.52 Å². The van der Waals surface area contributed by atoms with E-state index in [9.17, 15) is 4.39 Å². The highest BCUT2D eigenvalue weighted by Gasteiger charge is 2.05. The van der Waals surface area contributed by atoms with E-state index >= 15 is 0 Å². The van der Waals surface area contributed by atoms with Crippen LogP contribution in [0, 0.1) is 12.7 Å². The molecule has 0 aliphatic rings. The number of rotatable bonds is 4. The average molecular weight is 346 g/mol. The number of halogens is 2. The summed E-state index contributed by atoms with van der Waals surface area (Å²) in [5.41, 5.74) is 5.99. The van der Waals surface area contributed by atoms with Crippen LogP contribution in [0.2, 0.25) is 5.02 Å². The zero-order valence-corrected chi connectivity index (χ0v) is 13.8. The molecule has 3 nitrogen and oxygen atoms in total. The molecule has 0 amide bonds. The van der Waals surface area contributed by atoms with Crippen molar-refractivity contribution in [2.75, 3.05) is 5.43 Å². The second-order valence-corrected chi connectivity index (χ2v) is 6.16. The molecule has 0 bridgehead atoms. The molecule has 0 saturated carbocycles. The largest absolute Gasteiger partial charge is 0.253 e. The van der Waals surface area contributed by atoms with Crippen LogP contribution in [0.3, 0.4) is 0 Å². The Kier molecular flexibility index (Phi) is 4.69. The van der Waals surface area contributed by atoms with E-state index in [4.69, 9.17) is 11.6 Å². The van der Waals surface area contributed by atoms with E-state index in [0.717, 1.165) is 11.3 Å². The molecule has 1 aromatic heterocycles. The summed E-state index contributed by atoms with van der Waals surface area (Å²) >= 11 is 7.46. The van der Waals surface area contributed by atoms with Crippen LogP contribution in [-0.4, -0.2) is 11.2 Å². The number of hydrazone groups is 1. The predicted octanol–water partition coefficient (Wildman–Crippen LogP) is 5.36. The van der Waals surface area contributed by atoms with Crippen LogP contribution in [0.5, 0.6) is 0 Å². The van der Waals surface area contributed by atoms with Crippen molar-refractivity contribution in [3.63, 3.8) is 0 Å². The Labute approximate surface area is 142 Å². The fraction of sp³-hybridized carbons (Fsp3) is 0.0588. The highest BCUT2D eigenvalue weighted by atomic mass is 35.5. The smallest absolute Gasteiger partial charge is 0.203 e. The van der Waals surface area contributed by atoms with Gasteiger partial charge in [0, 0.05) is 16.5 Å². The molecule has 0 atom stereocenters. The van der Waals surface area contributed by atoms with Gasteiger partial charge in [0.2, 0.25) is 5.13 Å². The summed E-state index contributed by atoms with van der Waals surface area (Å²) in [7, 11) is 0. The maximum Gasteiger partial charge on any atom is 0.203 e. The van der Waals surface area contributed by atoms with Gasteiger partial charge in [0.25, 0.3) is 0 Å². The zero-order chi connectivity index (χ0) is 16.2. The molecule has 0 aliphatic carbocycles. The molecule has 1 heterocycles. The van der Waals surface area contributed by atoms with Gasteiger partial charge in [-0.2, -0.15) is 5.10 Å². The minimum absolute atomic E-state index is 0.322. The predicted molar refractivity (Wildman–Crippen MR) is 94.9 cm³/mol. The van der Waals surface area contributed by atoms with Crippen molar-refractivity contribution >= 4 is 34.3 Å². The molecule has 0 spiro atoms. The third kappa shape index (κ3) is 3.75. The van der Waals surface area contributed by atoms with Gasteiger partial charge in [-0.25, -0.2) is 9.37 Å². The zero-order valence-electron chi connectivity index (χ0n) is 12.3. The molecule has 23 heavy (non-hydrogen) atoms. The Morgan fingerprint density at radius 1 is 1.26 bits per heavy atom. The van der Waals surface area contributed by atoms with Gasteiger partial charge < -0.3 is 0 Å². The van der Waals surface area contributed by atoms with Gasteiger partial charge >= 0.3 is 0 Å². The number of nitrogens with zero attached hydrogens (tertiary/aromatic N) is 2. The van der Waals surface area contributed by atoms with Gasteiger partial charge in [-0.05, 0) is 24.6 Å². The molecule has 0 radical (unpaired) electrons. The lowest BCUT2D eigenvalue weighted by Gasteiger charge is -2.01. The van der Waals surface area contributed by atoms with E-state index in [-0.39, 0.29) is 5.82 Å². The van der Waals surface area contributed by atoms with Crippen LogP contribution in [-0.2, 0) is 0 Å². The monoisotopic (exact) mass is 345 g/mol. The Bertz CT molecular complexity index is 846. The van der Waals surface area contributed by atoms with Crippen molar-refractivity contribution in [1.82, 2.24) is 4.98 Å². The normalized spacial score (nSPS) is 11.1.